The first-order valence-electron chi connectivity index (χ1n) is 7.97. The first-order chi connectivity index (χ1) is 10.6. The van der Waals surface area contributed by atoms with Gasteiger partial charge in [0.05, 0.1) is 18.6 Å². The highest BCUT2D eigenvalue weighted by Crippen LogP contribution is 2.18. The van der Waals surface area contributed by atoms with Gasteiger partial charge in [0, 0.05) is 31.5 Å². The number of aryl methyl sites for hydroxylation is 1. The summed E-state index contributed by atoms with van der Waals surface area (Å²) >= 11 is 0. The van der Waals surface area contributed by atoms with E-state index in [4.69, 9.17) is 4.74 Å². The Morgan fingerprint density at radius 3 is 2.59 bits per heavy atom. The van der Waals surface area contributed by atoms with Crippen LogP contribution in [0.3, 0.4) is 0 Å². The first-order valence-corrected chi connectivity index (χ1v) is 7.97. The highest BCUT2D eigenvalue weighted by atomic mass is 16.5. The van der Waals surface area contributed by atoms with Gasteiger partial charge in [-0.1, -0.05) is 0 Å². The lowest BCUT2D eigenvalue weighted by Crippen LogP contribution is -2.45. The summed E-state index contributed by atoms with van der Waals surface area (Å²) in [6.07, 6.45) is 4.19. The van der Waals surface area contributed by atoms with Crippen molar-refractivity contribution in [3.63, 3.8) is 0 Å². The molecule has 0 bridgehead atoms. The number of likely N-dealkylation sites (N-methyl/N-ethyl adjacent to an activating group) is 1. The van der Waals surface area contributed by atoms with E-state index in [1.807, 2.05) is 13.8 Å². The van der Waals surface area contributed by atoms with Crippen molar-refractivity contribution in [1.82, 2.24) is 15.0 Å². The summed E-state index contributed by atoms with van der Waals surface area (Å²) in [5, 5.41) is 3.89. The molecule has 0 aliphatic carbocycles. The molecule has 0 atom stereocenters. The molecule has 1 aromatic rings. The van der Waals surface area contributed by atoms with Crippen LogP contribution in [0.5, 0.6) is 0 Å². The smallest absolute Gasteiger partial charge is 0.340 e. The zero-order valence-corrected chi connectivity index (χ0v) is 13.6. The van der Waals surface area contributed by atoms with Crippen LogP contribution in [-0.2, 0) is 16.0 Å². The Hall–Kier alpha value is -1.82. The zero-order valence-electron chi connectivity index (χ0n) is 13.6. The second kappa shape index (κ2) is 7.45. The van der Waals surface area contributed by atoms with Crippen molar-refractivity contribution >= 4 is 11.9 Å². The number of carbonyl (C=O) groups excluding carboxylic acids is 2. The number of hydrogen-bond acceptors (Lipinski definition) is 4. The molecule has 6 nitrogen and oxygen atoms in total. The predicted octanol–water partition coefficient (Wildman–Crippen LogP) is 1.90. The van der Waals surface area contributed by atoms with Crippen LogP contribution < -0.4 is 0 Å². The van der Waals surface area contributed by atoms with Crippen molar-refractivity contribution in [3.05, 3.63) is 23.0 Å². The van der Waals surface area contributed by atoms with Crippen LogP contribution in [0.25, 0.3) is 0 Å². The van der Waals surface area contributed by atoms with Gasteiger partial charge in [-0.2, -0.15) is 0 Å². The van der Waals surface area contributed by atoms with Gasteiger partial charge in [-0.05, 0) is 39.2 Å². The Labute approximate surface area is 131 Å². The minimum absolute atomic E-state index is 0.0109. The highest BCUT2D eigenvalue weighted by Gasteiger charge is 2.26. The maximum atomic E-state index is 12.6. The molecule has 22 heavy (non-hydrogen) atoms. The third kappa shape index (κ3) is 3.50. The van der Waals surface area contributed by atoms with E-state index < -0.39 is 0 Å². The van der Waals surface area contributed by atoms with E-state index in [1.54, 1.807) is 18.1 Å². The lowest BCUT2D eigenvalue weighted by Gasteiger charge is -2.30. The van der Waals surface area contributed by atoms with Gasteiger partial charge in [0.1, 0.15) is 0 Å². The highest BCUT2D eigenvalue weighted by molar-refractivity contribution is 5.94. The van der Waals surface area contributed by atoms with Crippen molar-refractivity contribution in [2.45, 2.75) is 40.0 Å². The molecule has 1 amide bonds. The first kappa shape index (κ1) is 16.5. The molecule has 0 unspecified atom stereocenters. The topological polar surface area (TPSA) is 65.6 Å². The van der Waals surface area contributed by atoms with Crippen molar-refractivity contribution in [1.29, 1.82) is 0 Å². The fourth-order valence-electron chi connectivity index (χ4n) is 2.92. The summed E-state index contributed by atoms with van der Waals surface area (Å²) in [5.74, 6) is -0.356. The number of H-pyrrole nitrogens is 1. The second-order valence-corrected chi connectivity index (χ2v) is 5.49. The van der Waals surface area contributed by atoms with E-state index in [0.29, 0.717) is 24.4 Å². The molecular formula is C16H25N3O3. The molecule has 1 aliphatic heterocycles. The molecule has 1 fully saturated rings. The van der Waals surface area contributed by atoms with E-state index in [2.05, 4.69) is 9.99 Å². The summed E-state index contributed by atoms with van der Waals surface area (Å²) in [5.41, 5.74) is 1.94. The number of aromatic nitrogens is 1. The van der Waals surface area contributed by atoms with E-state index in [-0.39, 0.29) is 18.3 Å². The van der Waals surface area contributed by atoms with Gasteiger partial charge in [0.15, 0.2) is 0 Å². The summed E-state index contributed by atoms with van der Waals surface area (Å²) in [6, 6.07) is 0. The van der Waals surface area contributed by atoms with E-state index in [0.717, 1.165) is 31.5 Å². The zero-order chi connectivity index (χ0) is 16.1. The standard InChI is InChI=1S/C16H25N3O3/c1-4-19(18-8-6-7-9-18)14(20)10-13-15(12(3)11-17-13)16(21)22-5-2/h11,17H,4-10H2,1-3H3. The number of hydrazine groups is 1. The number of nitrogens with zero attached hydrogens (tertiary/aromatic N) is 2. The third-order valence-electron chi connectivity index (χ3n) is 3.98. The summed E-state index contributed by atoms with van der Waals surface area (Å²) in [7, 11) is 0. The number of esters is 1. The maximum absolute atomic E-state index is 12.6. The predicted molar refractivity (Wildman–Crippen MR) is 83.4 cm³/mol. The molecule has 2 heterocycles. The molecule has 1 N–H and O–H groups in total. The largest absolute Gasteiger partial charge is 0.462 e. The fraction of sp³-hybridized carbons (Fsp3) is 0.625. The second-order valence-electron chi connectivity index (χ2n) is 5.49. The fourth-order valence-corrected chi connectivity index (χ4v) is 2.92. The van der Waals surface area contributed by atoms with Crippen LogP contribution in [0.1, 0.15) is 48.3 Å². The quantitative estimate of drug-likeness (QED) is 0.815. The van der Waals surface area contributed by atoms with Gasteiger partial charge in [0.25, 0.3) is 0 Å². The van der Waals surface area contributed by atoms with Gasteiger partial charge in [-0.25, -0.2) is 9.80 Å². The molecule has 0 radical (unpaired) electrons. The third-order valence-corrected chi connectivity index (χ3v) is 3.98. The van der Waals surface area contributed by atoms with Crippen LogP contribution in [0.2, 0.25) is 0 Å². The van der Waals surface area contributed by atoms with E-state index in [9.17, 15) is 9.59 Å². The lowest BCUT2D eigenvalue weighted by atomic mass is 10.1. The Morgan fingerprint density at radius 1 is 1.32 bits per heavy atom. The molecule has 2 rings (SSSR count). The minimum atomic E-state index is -0.367. The van der Waals surface area contributed by atoms with Gasteiger partial charge < -0.3 is 9.72 Å². The summed E-state index contributed by atoms with van der Waals surface area (Å²) in [4.78, 5) is 27.7. The molecule has 0 aromatic carbocycles. The molecule has 6 heteroatoms. The molecule has 1 aliphatic rings. The Bertz CT molecular complexity index is 533. The Balaban J connectivity index is 2.12. The molecule has 1 saturated heterocycles. The molecular weight excluding hydrogens is 282 g/mol. The average molecular weight is 307 g/mol. The van der Waals surface area contributed by atoms with Crippen LogP contribution in [0.4, 0.5) is 0 Å². The number of ether oxygens (including phenoxy) is 1. The summed E-state index contributed by atoms with van der Waals surface area (Å²) < 4.78 is 5.08. The van der Waals surface area contributed by atoms with Crippen LogP contribution in [0, 0.1) is 6.92 Å². The average Bonchev–Trinajstić information content (AvgIpc) is 3.10. The SMILES string of the molecule is CCOC(=O)c1c(C)c[nH]c1CC(=O)N(CC)N1CCCC1. The number of carbonyl (C=O) groups is 2. The number of nitrogens with one attached hydrogen (secondary N) is 1. The lowest BCUT2D eigenvalue weighted by molar-refractivity contribution is -0.146. The van der Waals surface area contributed by atoms with E-state index in [1.165, 1.54) is 0 Å². The van der Waals surface area contributed by atoms with Crippen LogP contribution in [0.15, 0.2) is 6.20 Å². The Kier molecular flexibility index (Phi) is 5.60. The van der Waals surface area contributed by atoms with E-state index >= 15 is 0 Å². The van der Waals surface area contributed by atoms with Gasteiger partial charge in [-0.3, -0.25) is 9.80 Å². The van der Waals surface area contributed by atoms with Crippen LogP contribution >= 0.6 is 0 Å². The number of aromatic amines is 1. The van der Waals surface area contributed by atoms with Gasteiger partial charge in [-0.15, -0.1) is 0 Å². The minimum Gasteiger partial charge on any atom is -0.462 e. The number of hydrogen-bond donors (Lipinski definition) is 1. The molecule has 0 saturated carbocycles. The van der Waals surface area contributed by atoms with Crippen molar-refractivity contribution in [2.24, 2.45) is 0 Å². The molecule has 0 spiro atoms. The normalized spacial score (nSPS) is 15.0. The number of amides is 1. The van der Waals surface area contributed by atoms with Crippen molar-refractivity contribution in [2.75, 3.05) is 26.2 Å². The van der Waals surface area contributed by atoms with Gasteiger partial charge >= 0.3 is 5.97 Å². The number of rotatable bonds is 6. The van der Waals surface area contributed by atoms with Gasteiger partial charge in [0.2, 0.25) is 5.91 Å². The maximum Gasteiger partial charge on any atom is 0.340 e. The molecule has 122 valence electrons. The summed E-state index contributed by atoms with van der Waals surface area (Å²) in [6.45, 7) is 8.41. The molecule has 1 aromatic heterocycles. The van der Waals surface area contributed by atoms with Crippen molar-refractivity contribution < 1.29 is 14.3 Å². The monoisotopic (exact) mass is 307 g/mol. The van der Waals surface area contributed by atoms with Crippen LogP contribution in [-0.4, -0.2) is 53.1 Å². The van der Waals surface area contributed by atoms with Crippen molar-refractivity contribution in [3.8, 4) is 0 Å². The Morgan fingerprint density at radius 2 is 2.00 bits per heavy atom.